The first-order valence-electron chi connectivity index (χ1n) is 10.1. The van der Waals surface area contributed by atoms with Crippen LogP contribution in [0, 0.1) is 16.0 Å². The Morgan fingerprint density at radius 2 is 1.71 bits per heavy atom. The van der Waals surface area contributed by atoms with Crippen LogP contribution in [-0.2, 0) is 4.79 Å². The van der Waals surface area contributed by atoms with Crippen LogP contribution in [0.15, 0.2) is 48.5 Å². The zero-order chi connectivity index (χ0) is 22.5. The SMILES string of the molecule is CC(C)C(NC(=O)c1ccccc1)C(=O)N1CCN(c2ccc(Cl)cc2[N+](=O)[O-])CC1. The van der Waals surface area contributed by atoms with Gasteiger partial charge in [-0.1, -0.05) is 43.6 Å². The van der Waals surface area contributed by atoms with Gasteiger partial charge in [-0.3, -0.25) is 19.7 Å². The lowest BCUT2D eigenvalue weighted by Gasteiger charge is -2.38. The van der Waals surface area contributed by atoms with E-state index in [0.717, 1.165) is 0 Å². The Morgan fingerprint density at radius 1 is 1.06 bits per heavy atom. The highest BCUT2D eigenvalue weighted by Gasteiger charge is 2.32. The molecule has 0 spiro atoms. The molecule has 1 aliphatic rings. The minimum absolute atomic E-state index is 0.0533. The summed E-state index contributed by atoms with van der Waals surface area (Å²) < 4.78 is 0. The quantitative estimate of drug-likeness (QED) is 0.544. The average Bonchev–Trinajstić information content (AvgIpc) is 2.77. The molecule has 1 N–H and O–H groups in total. The number of halogens is 1. The number of nitrogens with one attached hydrogen (secondary N) is 1. The first-order chi connectivity index (χ1) is 14.8. The maximum Gasteiger partial charge on any atom is 0.294 e. The van der Waals surface area contributed by atoms with Crippen LogP contribution in [-0.4, -0.2) is 53.9 Å². The Kier molecular flexibility index (Phi) is 7.12. The highest BCUT2D eigenvalue weighted by molar-refractivity contribution is 6.30. The van der Waals surface area contributed by atoms with Crippen LogP contribution in [0.2, 0.25) is 5.02 Å². The maximum atomic E-state index is 13.1. The van der Waals surface area contributed by atoms with E-state index in [9.17, 15) is 19.7 Å². The van der Waals surface area contributed by atoms with Crippen LogP contribution in [0.5, 0.6) is 0 Å². The predicted octanol–water partition coefficient (Wildman–Crippen LogP) is 3.35. The average molecular weight is 445 g/mol. The van der Waals surface area contributed by atoms with Crippen molar-refractivity contribution in [3.8, 4) is 0 Å². The first-order valence-corrected chi connectivity index (χ1v) is 10.5. The van der Waals surface area contributed by atoms with Gasteiger partial charge in [-0.05, 0) is 30.2 Å². The molecule has 3 rings (SSSR count). The molecule has 2 aromatic rings. The monoisotopic (exact) mass is 444 g/mol. The number of piperazine rings is 1. The molecule has 9 heteroatoms. The molecule has 1 atom stereocenters. The van der Waals surface area contributed by atoms with Crippen LogP contribution >= 0.6 is 11.6 Å². The third-order valence-corrected chi connectivity index (χ3v) is 5.56. The minimum atomic E-state index is -0.649. The van der Waals surface area contributed by atoms with E-state index in [2.05, 4.69) is 5.32 Å². The molecule has 2 amide bonds. The number of rotatable bonds is 6. The van der Waals surface area contributed by atoms with Crippen molar-refractivity contribution in [1.29, 1.82) is 0 Å². The van der Waals surface area contributed by atoms with Crippen LogP contribution in [0.3, 0.4) is 0 Å². The number of anilines is 1. The lowest BCUT2D eigenvalue weighted by atomic mass is 10.0. The molecule has 31 heavy (non-hydrogen) atoms. The summed E-state index contributed by atoms with van der Waals surface area (Å²) in [6, 6.07) is 12.7. The number of hydrogen-bond acceptors (Lipinski definition) is 5. The lowest BCUT2D eigenvalue weighted by molar-refractivity contribution is -0.384. The van der Waals surface area contributed by atoms with E-state index in [4.69, 9.17) is 11.6 Å². The summed E-state index contributed by atoms with van der Waals surface area (Å²) in [7, 11) is 0. The Morgan fingerprint density at radius 3 is 2.29 bits per heavy atom. The number of benzene rings is 2. The first kappa shape index (κ1) is 22.6. The van der Waals surface area contributed by atoms with E-state index in [1.165, 1.54) is 6.07 Å². The van der Waals surface area contributed by atoms with Crippen molar-refractivity contribution < 1.29 is 14.5 Å². The third kappa shape index (κ3) is 5.32. The second-order valence-electron chi connectivity index (χ2n) is 7.76. The zero-order valence-electron chi connectivity index (χ0n) is 17.5. The third-order valence-electron chi connectivity index (χ3n) is 5.32. The van der Waals surface area contributed by atoms with Crippen LogP contribution in [0.4, 0.5) is 11.4 Å². The molecule has 0 aromatic heterocycles. The second-order valence-corrected chi connectivity index (χ2v) is 8.20. The fourth-order valence-corrected chi connectivity index (χ4v) is 3.77. The van der Waals surface area contributed by atoms with Gasteiger partial charge in [-0.25, -0.2) is 0 Å². The Hall–Kier alpha value is -3.13. The predicted molar refractivity (Wildman–Crippen MR) is 119 cm³/mol. The summed E-state index contributed by atoms with van der Waals surface area (Å²) in [5.41, 5.74) is 0.933. The van der Waals surface area contributed by atoms with Crippen molar-refractivity contribution in [2.24, 2.45) is 5.92 Å². The number of hydrogen-bond donors (Lipinski definition) is 1. The number of nitro groups is 1. The number of carbonyl (C=O) groups excluding carboxylic acids is 2. The zero-order valence-corrected chi connectivity index (χ0v) is 18.2. The number of nitrogens with zero attached hydrogens (tertiary/aromatic N) is 3. The van der Waals surface area contributed by atoms with E-state index < -0.39 is 11.0 Å². The largest absolute Gasteiger partial charge is 0.362 e. The number of nitro benzene ring substituents is 1. The van der Waals surface area contributed by atoms with E-state index in [0.29, 0.717) is 42.5 Å². The van der Waals surface area contributed by atoms with E-state index in [1.807, 2.05) is 24.8 Å². The van der Waals surface area contributed by atoms with Crippen LogP contribution < -0.4 is 10.2 Å². The van der Waals surface area contributed by atoms with Gasteiger partial charge >= 0.3 is 0 Å². The van der Waals surface area contributed by atoms with Gasteiger partial charge in [-0.15, -0.1) is 0 Å². The van der Waals surface area contributed by atoms with Gasteiger partial charge in [0.05, 0.1) is 4.92 Å². The molecule has 1 heterocycles. The van der Waals surface area contributed by atoms with Gasteiger partial charge in [-0.2, -0.15) is 0 Å². The molecule has 164 valence electrons. The van der Waals surface area contributed by atoms with Crippen molar-refractivity contribution in [3.63, 3.8) is 0 Å². The molecule has 1 aliphatic heterocycles. The topological polar surface area (TPSA) is 95.8 Å². The van der Waals surface area contributed by atoms with Crippen LogP contribution in [0.25, 0.3) is 0 Å². The number of amides is 2. The van der Waals surface area contributed by atoms with Gasteiger partial charge in [0.2, 0.25) is 5.91 Å². The Bertz CT molecular complexity index is 959. The highest BCUT2D eigenvalue weighted by Crippen LogP contribution is 2.31. The van der Waals surface area contributed by atoms with Crippen molar-refractivity contribution in [3.05, 3.63) is 69.2 Å². The Labute approximate surface area is 185 Å². The van der Waals surface area contributed by atoms with Gasteiger partial charge in [0.1, 0.15) is 11.7 Å². The van der Waals surface area contributed by atoms with Gasteiger partial charge in [0.25, 0.3) is 11.6 Å². The van der Waals surface area contributed by atoms with Gasteiger partial charge in [0.15, 0.2) is 0 Å². The van der Waals surface area contributed by atoms with E-state index >= 15 is 0 Å². The van der Waals surface area contributed by atoms with E-state index in [1.54, 1.807) is 41.3 Å². The molecule has 0 radical (unpaired) electrons. The normalized spacial score (nSPS) is 15.0. The molecule has 1 fully saturated rings. The maximum absolute atomic E-state index is 13.1. The minimum Gasteiger partial charge on any atom is -0.362 e. The van der Waals surface area contributed by atoms with E-state index in [-0.39, 0.29) is 23.4 Å². The van der Waals surface area contributed by atoms with Gasteiger partial charge in [0, 0.05) is 42.8 Å². The summed E-state index contributed by atoms with van der Waals surface area (Å²) >= 11 is 5.90. The second kappa shape index (κ2) is 9.78. The highest BCUT2D eigenvalue weighted by atomic mass is 35.5. The van der Waals surface area contributed by atoms with Crippen molar-refractivity contribution in [2.75, 3.05) is 31.1 Å². The molecule has 0 bridgehead atoms. The van der Waals surface area contributed by atoms with Crippen molar-refractivity contribution in [2.45, 2.75) is 19.9 Å². The van der Waals surface area contributed by atoms with Crippen LogP contribution in [0.1, 0.15) is 24.2 Å². The molecule has 1 saturated heterocycles. The summed E-state index contributed by atoms with van der Waals surface area (Å²) in [5.74, 6) is -0.525. The fourth-order valence-electron chi connectivity index (χ4n) is 3.60. The molecular weight excluding hydrogens is 420 g/mol. The molecule has 0 saturated carbocycles. The standard InChI is InChI=1S/C22H25ClN4O4/c1-15(2)20(24-21(28)16-6-4-3-5-7-16)22(29)26-12-10-25(11-13-26)18-9-8-17(23)14-19(18)27(30)31/h3-9,14-15,20H,10-13H2,1-2H3,(H,24,28). The Balaban J connectivity index is 1.67. The van der Waals surface area contributed by atoms with Crippen molar-refractivity contribution >= 4 is 34.8 Å². The molecule has 8 nitrogen and oxygen atoms in total. The smallest absolute Gasteiger partial charge is 0.294 e. The summed E-state index contributed by atoms with van der Waals surface area (Å²) in [5, 5.41) is 14.5. The summed E-state index contributed by atoms with van der Waals surface area (Å²) in [6.07, 6.45) is 0. The van der Waals surface area contributed by atoms with Crippen molar-refractivity contribution in [1.82, 2.24) is 10.2 Å². The van der Waals surface area contributed by atoms with Gasteiger partial charge < -0.3 is 15.1 Å². The summed E-state index contributed by atoms with van der Waals surface area (Å²) in [6.45, 7) is 5.49. The lowest BCUT2D eigenvalue weighted by Crippen LogP contribution is -2.56. The number of carbonyl (C=O) groups is 2. The molecule has 1 unspecified atom stereocenters. The molecular formula is C22H25ClN4O4. The molecule has 2 aromatic carbocycles. The molecule has 0 aliphatic carbocycles. The summed E-state index contributed by atoms with van der Waals surface area (Å²) in [4.78, 5) is 40.2. The fraction of sp³-hybridized carbons (Fsp3) is 0.364.